The predicted molar refractivity (Wildman–Crippen MR) is 46.6 cm³/mol. The van der Waals surface area contributed by atoms with Gasteiger partial charge in [0.15, 0.2) is 0 Å². The van der Waals surface area contributed by atoms with Gasteiger partial charge in [-0.15, -0.1) is 0 Å². The zero-order chi connectivity index (χ0) is 7.68. The first kappa shape index (κ1) is 6.85. The van der Waals surface area contributed by atoms with Gasteiger partial charge in [0.05, 0.1) is 5.25 Å². The van der Waals surface area contributed by atoms with Crippen LogP contribution in [0.1, 0.15) is 0 Å². The molecule has 2 aliphatic rings. The van der Waals surface area contributed by atoms with Gasteiger partial charge in [-0.2, -0.15) is 0 Å². The van der Waals surface area contributed by atoms with Crippen molar-refractivity contribution in [1.82, 2.24) is 0 Å². The molecular weight excluding hydrogens is 158 g/mol. The van der Waals surface area contributed by atoms with E-state index in [1.807, 2.05) is 24.4 Å². The number of rotatable bonds is 1. The van der Waals surface area contributed by atoms with Gasteiger partial charge in [0, 0.05) is 17.7 Å². The van der Waals surface area contributed by atoms with Gasteiger partial charge in [0.1, 0.15) is 6.29 Å². The van der Waals surface area contributed by atoms with Crippen LogP contribution in [0.25, 0.3) is 0 Å². The minimum atomic E-state index is 0.361. The van der Waals surface area contributed by atoms with E-state index in [0.717, 1.165) is 11.9 Å². The molecule has 0 N–H and O–H groups in total. The molecule has 0 aromatic heterocycles. The molecule has 2 nitrogen and oxygen atoms in total. The van der Waals surface area contributed by atoms with Crippen molar-refractivity contribution in [3.05, 3.63) is 23.8 Å². The van der Waals surface area contributed by atoms with Crippen LogP contribution in [0.3, 0.4) is 0 Å². The van der Waals surface area contributed by atoms with Gasteiger partial charge in [-0.1, -0.05) is 18.2 Å². The van der Waals surface area contributed by atoms with Crippen molar-refractivity contribution in [3.8, 4) is 0 Å². The fourth-order valence-corrected chi connectivity index (χ4v) is 2.05. The Kier molecular flexibility index (Phi) is 1.66. The summed E-state index contributed by atoms with van der Waals surface area (Å²) in [5.41, 5.74) is 0.768. The molecule has 0 radical (unpaired) electrons. The van der Waals surface area contributed by atoms with Gasteiger partial charge < -0.3 is 0 Å². The van der Waals surface area contributed by atoms with Crippen molar-refractivity contribution in [1.29, 1.82) is 0 Å². The molecule has 11 heavy (non-hydrogen) atoms. The van der Waals surface area contributed by atoms with E-state index in [9.17, 15) is 4.79 Å². The van der Waals surface area contributed by atoms with Crippen molar-refractivity contribution in [2.24, 2.45) is 10.3 Å². The molecule has 2 rings (SSSR count). The molecule has 1 aliphatic carbocycles. The molecule has 0 amide bonds. The molecule has 2 unspecified atom stereocenters. The molecule has 0 saturated heterocycles. The predicted octanol–water partition coefficient (Wildman–Crippen LogP) is 1.40. The Bertz CT molecular complexity index is 267. The summed E-state index contributed by atoms with van der Waals surface area (Å²) < 4.78 is 4.08. The maximum Gasteiger partial charge on any atom is 0.149 e. The number of nitrogens with zero attached hydrogens (tertiary/aromatic N) is 1. The first-order valence-electron chi connectivity index (χ1n) is 3.44. The summed E-state index contributed by atoms with van der Waals surface area (Å²) in [7, 11) is 0. The quantitative estimate of drug-likeness (QED) is 0.434. The van der Waals surface area contributed by atoms with Crippen LogP contribution < -0.4 is 0 Å². The second-order valence-electron chi connectivity index (χ2n) is 2.55. The second kappa shape index (κ2) is 2.66. The average Bonchev–Trinajstić information content (AvgIpc) is 2.50. The number of hydrogen-bond acceptors (Lipinski definition) is 3. The highest BCUT2D eigenvalue weighted by Gasteiger charge is 2.23. The van der Waals surface area contributed by atoms with Gasteiger partial charge in [-0.05, 0) is 11.9 Å². The van der Waals surface area contributed by atoms with Crippen molar-refractivity contribution >= 4 is 24.4 Å². The minimum Gasteiger partial charge on any atom is -0.298 e. The second-order valence-corrected chi connectivity index (χ2v) is 3.51. The van der Waals surface area contributed by atoms with Gasteiger partial charge in [-0.3, -0.25) is 4.79 Å². The summed E-state index contributed by atoms with van der Waals surface area (Å²) in [5, 5.41) is 0.361. The summed E-state index contributed by atoms with van der Waals surface area (Å²) in [6.45, 7) is 0. The number of aldehydes is 1. The van der Waals surface area contributed by atoms with E-state index in [0.29, 0.717) is 11.2 Å². The number of fused-ring (bicyclic) bond motifs is 1. The third-order valence-corrected chi connectivity index (χ3v) is 2.74. The van der Waals surface area contributed by atoms with E-state index in [2.05, 4.69) is 4.40 Å². The van der Waals surface area contributed by atoms with E-state index < -0.39 is 0 Å². The summed E-state index contributed by atoms with van der Waals surface area (Å²) in [5.74, 6) is 0.406. The van der Waals surface area contributed by atoms with Crippen molar-refractivity contribution in [3.63, 3.8) is 0 Å². The number of carbonyl (C=O) groups is 1. The van der Waals surface area contributed by atoms with Crippen molar-refractivity contribution < 1.29 is 4.79 Å². The molecule has 3 heteroatoms. The lowest BCUT2D eigenvalue weighted by molar-refractivity contribution is -0.104. The van der Waals surface area contributed by atoms with Crippen LogP contribution >= 0.6 is 11.9 Å². The number of hydrogen-bond donors (Lipinski definition) is 0. The van der Waals surface area contributed by atoms with E-state index in [-0.39, 0.29) is 0 Å². The van der Waals surface area contributed by atoms with E-state index >= 15 is 0 Å². The highest BCUT2D eigenvalue weighted by Crippen LogP contribution is 2.31. The molecule has 1 heterocycles. The Labute approximate surface area is 69.2 Å². The van der Waals surface area contributed by atoms with Crippen molar-refractivity contribution in [2.75, 3.05) is 0 Å². The van der Waals surface area contributed by atoms with E-state index in [4.69, 9.17) is 0 Å². The first-order valence-corrected chi connectivity index (χ1v) is 4.28. The molecule has 0 aromatic rings. The average molecular weight is 165 g/mol. The highest BCUT2D eigenvalue weighted by atomic mass is 32.2. The van der Waals surface area contributed by atoms with Crippen LogP contribution in [0.2, 0.25) is 0 Å². The molecule has 56 valence electrons. The fraction of sp³-hybridized carbons (Fsp3) is 0.250. The lowest BCUT2D eigenvalue weighted by atomic mass is 9.98. The molecular formula is C8H7NOS. The van der Waals surface area contributed by atoms with E-state index in [1.54, 1.807) is 0 Å². The molecule has 0 saturated carbocycles. The summed E-state index contributed by atoms with van der Waals surface area (Å²) >= 11 is 1.53. The topological polar surface area (TPSA) is 29.4 Å². The Morgan fingerprint density at radius 1 is 1.64 bits per heavy atom. The Morgan fingerprint density at radius 3 is 3.36 bits per heavy atom. The summed E-state index contributed by atoms with van der Waals surface area (Å²) in [4.78, 5) is 10.4. The number of allylic oxidation sites excluding steroid dienone is 3. The van der Waals surface area contributed by atoms with Crippen LogP contribution in [0, 0.1) is 5.92 Å². The fourth-order valence-electron chi connectivity index (χ4n) is 1.18. The third kappa shape index (κ3) is 1.16. The summed E-state index contributed by atoms with van der Waals surface area (Å²) in [6.07, 6.45) is 8.65. The molecule has 1 aliphatic heterocycles. The maximum atomic E-state index is 10.4. The minimum absolute atomic E-state index is 0.361. The Balaban J connectivity index is 2.24. The zero-order valence-corrected chi connectivity index (χ0v) is 6.62. The van der Waals surface area contributed by atoms with Gasteiger partial charge in [-0.25, -0.2) is 4.40 Å². The zero-order valence-electron chi connectivity index (χ0n) is 5.81. The molecule has 0 aromatic carbocycles. The van der Waals surface area contributed by atoms with Gasteiger partial charge in [0.25, 0.3) is 0 Å². The lowest BCUT2D eigenvalue weighted by Crippen LogP contribution is -2.13. The molecule has 0 spiro atoms. The van der Waals surface area contributed by atoms with Crippen LogP contribution in [0.5, 0.6) is 0 Å². The van der Waals surface area contributed by atoms with Crippen LogP contribution in [0.15, 0.2) is 28.2 Å². The lowest BCUT2D eigenvalue weighted by Gasteiger charge is -2.12. The highest BCUT2D eigenvalue weighted by molar-refractivity contribution is 7.99. The van der Waals surface area contributed by atoms with Gasteiger partial charge >= 0.3 is 0 Å². The van der Waals surface area contributed by atoms with Crippen LogP contribution in [-0.2, 0) is 4.79 Å². The van der Waals surface area contributed by atoms with Gasteiger partial charge in [0.2, 0.25) is 0 Å². The van der Waals surface area contributed by atoms with Crippen LogP contribution in [-0.4, -0.2) is 17.8 Å². The largest absolute Gasteiger partial charge is 0.298 e. The van der Waals surface area contributed by atoms with Crippen molar-refractivity contribution in [2.45, 2.75) is 5.25 Å². The SMILES string of the molecule is O=CC1=CC2SN=CC2C=C1. The maximum absolute atomic E-state index is 10.4. The number of carbonyl (C=O) groups excluding carboxylic acids is 1. The third-order valence-electron chi connectivity index (χ3n) is 1.80. The molecule has 0 bridgehead atoms. The Morgan fingerprint density at radius 2 is 2.55 bits per heavy atom. The summed E-state index contributed by atoms with van der Waals surface area (Å²) in [6, 6.07) is 0. The van der Waals surface area contributed by atoms with Crippen LogP contribution in [0.4, 0.5) is 0 Å². The standard InChI is InChI=1S/C8H7NOS/c10-5-6-1-2-7-4-9-11-8(7)3-6/h1-5,7-8H. The smallest absolute Gasteiger partial charge is 0.149 e. The normalized spacial score (nSPS) is 33.3. The van der Waals surface area contributed by atoms with E-state index in [1.165, 1.54) is 11.9 Å². The molecule has 0 fully saturated rings. The molecule has 2 atom stereocenters. The Hall–Kier alpha value is -0.830. The monoisotopic (exact) mass is 165 g/mol. The first-order chi connectivity index (χ1) is 5.40.